The van der Waals surface area contributed by atoms with E-state index in [0.29, 0.717) is 5.56 Å². The minimum absolute atomic E-state index is 0.212. The van der Waals surface area contributed by atoms with Crippen LogP contribution >= 0.6 is 0 Å². The van der Waals surface area contributed by atoms with Gasteiger partial charge in [0.1, 0.15) is 0 Å². The van der Waals surface area contributed by atoms with E-state index in [1.165, 1.54) is 37.3 Å². The summed E-state index contributed by atoms with van der Waals surface area (Å²) in [5, 5.41) is 2.55. The molecule has 0 saturated carbocycles. The molecule has 1 amide bonds. The third-order valence-corrected chi connectivity index (χ3v) is 4.55. The van der Waals surface area contributed by atoms with Gasteiger partial charge in [0.2, 0.25) is 6.10 Å². The van der Waals surface area contributed by atoms with Gasteiger partial charge in [0, 0.05) is 16.8 Å². The quantitative estimate of drug-likeness (QED) is 0.408. The zero-order valence-corrected chi connectivity index (χ0v) is 16.8. The third-order valence-electron chi connectivity index (χ3n) is 4.55. The summed E-state index contributed by atoms with van der Waals surface area (Å²) >= 11 is 0. The zero-order valence-electron chi connectivity index (χ0n) is 16.8. The first-order valence-electron chi connectivity index (χ1n) is 9.51. The molecule has 0 radical (unpaired) electrons. The van der Waals surface area contributed by atoms with Crippen LogP contribution in [0.1, 0.15) is 44.9 Å². The van der Waals surface area contributed by atoms with Gasteiger partial charge < -0.3 is 10.1 Å². The molecule has 3 rings (SSSR count). The summed E-state index contributed by atoms with van der Waals surface area (Å²) in [5.74, 6) is -2.29. The van der Waals surface area contributed by atoms with Crippen molar-refractivity contribution >= 4 is 23.3 Å². The van der Waals surface area contributed by atoms with Gasteiger partial charge in [-0.2, -0.15) is 13.2 Å². The van der Waals surface area contributed by atoms with E-state index in [0.717, 1.165) is 18.2 Å². The van der Waals surface area contributed by atoms with Gasteiger partial charge in [-0.3, -0.25) is 9.59 Å². The second-order valence-corrected chi connectivity index (χ2v) is 6.87. The van der Waals surface area contributed by atoms with Crippen molar-refractivity contribution < 1.29 is 32.3 Å². The number of rotatable bonds is 6. The Morgan fingerprint density at radius 3 is 2.19 bits per heavy atom. The van der Waals surface area contributed by atoms with Gasteiger partial charge in [0.15, 0.2) is 5.78 Å². The molecule has 8 heteroatoms. The van der Waals surface area contributed by atoms with Crippen LogP contribution in [-0.4, -0.2) is 17.7 Å². The van der Waals surface area contributed by atoms with Crippen molar-refractivity contribution in [1.82, 2.24) is 0 Å². The molecule has 0 aliphatic carbocycles. The number of halogens is 3. The molecule has 164 valence electrons. The average Bonchev–Trinajstić information content (AvgIpc) is 2.77. The highest BCUT2D eigenvalue weighted by Gasteiger charge is 2.36. The van der Waals surface area contributed by atoms with E-state index in [1.54, 1.807) is 30.3 Å². The van der Waals surface area contributed by atoms with E-state index in [1.807, 2.05) is 0 Å². The summed E-state index contributed by atoms with van der Waals surface area (Å²) in [6.07, 6.45) is -6.29. The van der Waals surface area contributed by atoms with Gasteiger partial charge >= 0.3 is 12.1 Å². The van der Waals surface area contributed by atoms with Crippen LogP contribution in [0.25, 0.3) is 0 Å². The number of ketones is 1. The first-order chi connectivity index (χ1) is 15.2. The fourth-order valence-corrected chi connectivity index (χ4v) is 3.00. The molecule has 0 saturated heterocycles. The molecule has 1 atom stereocenters. The smallest absolute Gasteiger partial charge is 0.417 e. The summed E-state index contributed by atoms with van der Waals surface area (Å²) in [7, 11) is 0. The van der Waals surface area contributed by atoms with Crippen molar-refractivity contribution in [3.63, 3.8) is 0 Å². The number of amides is 1. The topological polar surface area (TPSA) is 72.5 Å². The Labute approximate surface area is 181 Å². The SMILES string of the molecule is CC(=O)c1cccc(NC(=O)[C@@H](OC(=O)c2ccccc2C(F)(F)F)c2ccccc2)c1. The normalized spacial score (nSPS) is 12.0. The number of ether oxygens (including phenoxy) is 1. The maximum absolute atomic E-state index is 13.3. The standard InChI is InChI=1S/C24H18F3NO4/c1-15(29)17-10-7-11-18(14-17)28-22(30)21(16-8-3-2-4-9-16)32-23(31)19-12-5-6-13-20(19)24(25,26)27/h2-14,21H,1H3,(H,28,30)/t21-/m0/s1. The second-order valence-electron chi connectivity index (χ2n) is 6.87. The summed E-state index contributed by atoms with van der Waals surface area (Å²) in [5.41, 5.74) is -0.963. The van der Waals surface area contributed by atoms with E-state index in [-0.39, 0.29) is 17.0 Å². The number of hydrogen-bond donors (Lipinski definition) is 1. The summed E-state index contributed by atoms with van der Waals surface area (Å²) in [6.45, 7) is 1.37. The van der Waals surface area contributed by atoms with Crippen molar-refractivity contribution in [2.24, 2.45) is 0 Å². The molecule has 0 spiro atoms. The van der Waals surface area contributed by atoms with Gasteiger partial charge in [0.25, 0.3) is 5.91 Å². The molecule has 5 nitrogen and oxygen atoms in total. The van der Waals surface area contributed by atoms with Crippen molar-refractivity contribution in [1.29, 1.82) is 0 Å². The number of anilines is 1. The van der Waals surface area contributed by atoms with Gasteiger partial charge in [-0.1, -0.05) is 54.6 Å². The van der Waals surface area contributed by atoms with Crippen LogP contribution in [0.2, 0.25) is 0 Å². The second kappa shape index (κ2) is 9.47. The highest BCUT2D eigenvalue weighted by molar-refractivity contribution is 6.00. The molecule has 0 aliphatic heterocycles. The number of nitrogens with one attached hydrogen (secondary N) is 1. The zero-order chi connectivity index (χ0) is 23.3. The Kier molecular flexibility index (Phi) is 6.73. The lowest BCUT2D eigenvalue weighted by Gasteiger charge is -2.19. The minimum Gasteiger partial charge on any atom is -0.444 e. The van der Waals surface area contributed by atoms with E-state index >= 15 is 0 Å². The number of Topliss-reactive ketones (excluding diaryl/α,β-unsaturated/α-hetero) is 1. The van der Waals surface area contributed by atoms with Gasteiger partial charge in [0.05, 0.1) is 11.1 Å². The molecule has 0 aliphatic rings. The van der Waals surface area contributed by atoms with Crippen molar-refractivity contribution in [2.75, 3.05) is 5.32 Å². The van der Waals surface area contributed by atoms with E-state index in [2.05, 4.69) is 5.32 Å². The molecule has 0 unspecified atom stereocenters. The lowest BCUT2D eigenvalue weighted by atomic mass is 10.1. The highest BCUT2D eigenvalue weighted by atomic mass is 19.4. The predicted molar refractivity (Wildman–Crippen MR) is 111 cm³/mol. The van der Waals surface area contributed by atoms with Crippen LogP contribution in [0.15, 0.2) is 78.9 Å². The lowest BCUT2D eigenvalue weighted by molar-refractivity contribution is -0.138. The number of carbonyl (C=O) groups excluding carboxylic acids is 3. The van der Waals surface area contributed by atoms with Crippen LogP contribution in [0.5, 0.6) is 0 Å². The van der Waals surface area contributed by atoms with Gasteiger partial charge in [-0.25, -0.2) is 4.79 Å². The minimum atomic E-state index is -4.77. The van der Waals surface area contributed by atoms with Crippen LogP contribution in [-0.2, 0) is 15.7 Å². The largest absolute Gasteiger partial charge is 0.444 e. The summed E-state index contributed by atoms with van der Waals surface area (Å²) < 4.78 is 45.2. The van der Waals surface area contributed by atoms with Crippen molar-refractivity contribution in [2.45, 2.75) is 19.2 Å². The molecule has 0 aromatic heterocycles. The number of benzene rings is 3. The van der Waals surface area contributed by atoms with E-state index < -0.39 is 35.3 Å². The Bertz CT molecular complexity index is 1140. The predicted octanol–water partition coefficient (Wildman–Crippen LogP) is 5.44. The van der Waals surface area contributed by atoms with E-state index in [4.69, 9.17) is 4.74 Å². The van der Waals surface area contributed by atoms with Crippen molar-refractivity contribution in [3.8, 4) is 0 Å². The summed E-state index contributed by atoms with van der Waals surface area (Å²) in [4.78, 5) is 37.2. The Hall–Kier alpha value is -3.94. The fourth-order valence-electron chi connectivity index (χ4n) is 3.00. The number of esters is 1. The van der Waals surface area contributed by atoms with Gasteiger partial charge in [-0.15, -0.1) is 0 Å². The molecule has 3 aromatic carbocycles. The first kappa shape index (κ1) is 22.7. The van der Waals surface area contributed by atoms with Crippen LogP contribution < -0.4 is 5.32 Å². The molecule has 1 N–H and O–H groups in total. The molecule has 0 fully saturated rings. The fraction of sp³-hybridized carbons (Fsp3) is 0.125. The first-order valence-corrected chi connectivity index (χ1v) is 9.51. The van der Waals surface area contributed by atoms with E-state index in [9.17, 15) is 27.6 Å². The molecular weight excluding hydrogens is 423 g/mol. The van der Waals surface area contributed by atoms with Crippen LogP contribution in [0.3, 0.4) is 0 Å². The molecule has 0 bridgehead atoms. The maximum atomic E-state index is 13.3. The number of hydrogen-bond acceptors (Lipinski definition) is 4. The lowest BCUT2D eigenvalue weighted by Crippen LogP contribution is -2.27. The van der Waals surface area contributed by atoms with Gasteiger partial charge in [-0.05, 0) is 31.2 Å². The Balaban J connectivity index is 1.91. The van der Waals surface area contributed by atoms with Crippen LogP contribution in [0, 0.1) is 0 Å². The number of alkyl halides is 3. The molecule has 0 heterocycles. The maximum Gasteiger partial charge on any atom is 0.417 e. The molecule has 32 heavy (non-hydrogen) atoms. The average molecular weight is 441 g/mol. The molecular formula is C24H18F3NO4. The Morgan fingerprint density at radius 2 is 1.53 bits per heavy atom. The highest BCUT2D eigenvalue weighted by Crippen LogP contribution is 2.33. The third kappa shape index (κ3) is 5.40. The number of carbonyl (C=O) groups is 3. The monoisotopic (exact) mass is 441 g/mol. The Morgan fingerprint density at radius 1 is 0.875 bits per heavy atom. The summed E-state index contributed by atoms with van der Waals surface area (Å²) in [6, 6.07) is 18.2. The van der Waals surface area contributed by atoms with Crippen LogP contribution in [0.4, 0.5) is 18.9 Å². The van der Waals surface area contributed by atoms with Crippen molar-refractivity contribution in [3.05, 3.63) is 101 Å². The molecule has 3 aromatic rings.